The second kappa shape index (κ2) is 8.43. The van der Waals surface area contributed by atoms with E-state index in [9.17, 15) is 8.42 Å². The van der Waals surface area contributed by atoms with E-state index in [0.717, 1.165) is 13.1 Å². The lowest BCUT2D eigenvalue weighted by Crippen LogP contribution is -2.53. The van der Waals surface area contributed by atoms with Crippen molar-refractivity contribution in [3.63, 3.8) is 0 Å². The molecule has 3 unspecified atom stereocenters. The molecule has 1 aromatic heterocycles. The average Bonchev–Trinajstić information content (AvgIpc) is 3.09. The van der Waals surface area contributed by atoms with Gasteiger partial charge in [-0.15, -0.1) is 11.3 Å². The Labute approximate surface area is 154 Å². The molecule has 0 aromatic carbocycles. The van der Waals surface area contributed by atoms with Crippen LogP contribution in [0.15, 0.2) is 17.5 Å². The van der Waals surface area contributed by atoms with Crippen LogP contribution in [-0.2, 0) is 19.7 Å². The van der Waals surface area contributed by atoms with Gasteiger partial charge in [0.05, 0.1) is 31.5 Å². The predicted octanol–water partition coefficient (Wildman–Crippen LogP) is 1.07. The molecule has 3 rings (SSSR count). The Bertz CT molecular complexity index is 622. The number of nitrogens with zero attached hydrogens (tertiary/aromatic N) is 2. The van der Waals surface area contributed by atoms with Crippen LogP contribution in [0.25, 0.3) is 0 Å². The van der Waals surface area contributed by atoms with Crippen LogP contribution in [0, 0.1) is 0 Å². The van der Waals surface area contributed by atoms with E-state index in [-0.39, 0.29) is 18.2 Å². The summed E-state index contributed by atoms with van der Waals surface area (Å²) in [5, 5.41) is 2.03. The van der Waals surface area contributed by atoms with Gasteiger partial charge in [-0.3, -0.25) is 4.90 Å². The first kappa shape index (κ1) is 19.2. The van der Waals surface area contributed by atoms with Gasteiger partial charge in [0.1, 0.15) is 0 Å². The predicted molar refractivity (Wildman–Crippen MR) is 98.0 cm³/mol. The van der Waals surface area contributed by atoms with Gasteiger partial charge in [0.25, 0.3) is 10.2 Å². The quantitative estimate of drug-likeness (QED) is 0.788. The van der Waals surface area contributed by atoms with Crippen molar-refractivity contribution >= 4 is 21.5 Å². The van der Waals surface area contributed by atoms with Gasteiger partial charge in [-0.1, -0.05) is 6.07 Å². The second-order valence-electron chi connectivity index (χ2n) is 6.61. The summed E-state index contributed by atoms with van der Waals surface area (Å²) < 4.78 is 40.9. The molecule has 2 aliphatic rings. The van der Waals surface area contributed by atoms with Gasteiger partial charge in [0.2, 0.25) is 0 Å². The Kier molecular flexibility index (Phi) is 6.48. The van der Waals surface area contributed by atoms with E-state index in [2.05, 4.69) is 15.7 Å². The van der Waals surface area contributed by atoms with Crippen molar-refractivity contribution < 1.29 is 17.9 Å². The number of ether oxygens (including phenoxy) is 2. The highest BCUT2D eigenvalue weighted by molar-refractivity contribution is 7.87. The molecule has 2 saturated heterocycles. The summed E-state index contributed by atoms with van der Waals surface area (Å²) >= 11 is 1.66. The SMILES string of the molecule is CC1CN(S(=O)(=O)NCC(c2cccs2)N2CCOCC2)CC(C)O1. The smallest absolute Gasteiger partial charge is 0.279 e. The van der Waals surface area contributed by atoms with Crippen LogP contribution < -0.4 is 4.72 Å². The van der Waals surface area contributed by atoms with Crippen LogP contribution in [0.4, 0.5) is 0 Å². The molecule has 1 aromatic rings. The number of hydrogen-bond donors (Lipinski definition) is 1. The van der Waals surface area contributed by atoms with Crippen molar-refractivity contribution in [1.82, 2.24) is 13.9 Å². The van der Waals surface area contributed by atoms with E-state index in [0.29, 0.717) is 32.8 Å². The van der Waals surface area contributed by atoms with Crippen LogP contribution >= 0.6 is 11.3 Å². The fourth-order valence-electron chi connectivity index (χ4n) is 3.38. The lowest BCUT2D eigenvalue weighted by molar-refractivity contribution is -0.0444. The highest BCUT2D eigenvalue weighted by Crippen LogP contribution is 2.26. The standard InChI is InChI=1S/C16H27N3O4S2/c1-13-11-19(12-14(2)23-13)25(20,21)17-10-15(16-4-3-9-24-16)18-5-7-22-8-6-18/h3-4,9,13-15,17H,5-8,10-12H2,1-2H3. The summed E-state index contributed by atoms with van der Waals surface area (Å²) in [4.78, 5) is 3.47. The normalized spacial score (nSPS) is 28.1. The maximum Gasteiger partial charge on any atom is 0.279 e. The third-order valence-corrected chi connectivity index (χ3v) is 7.03. The van der Waals surface area contributed by atoms with Crippen molar-refractivity contribution in [3.8, 4) is 0 Å². The summed E-state index contributed by atoms with van der Waals surface area (Å²) in [6.45, 7) is 7.96. The molecule has 7 nitrogen and oxygen atoms in total. The molecule has 3 atom stereocenters. The number of hydrogen-bond acceptors (Lipinski definition) is 6. The van der Waals surface area contributed by atoms with Gasteiger partial charge in [-0.05, 0) is 25.3 Å². The zero-order chi connectivity index (χ0) is 17.9. The van der Waals surface area contributed by atoms with Crippen LogP contribution in [0.1, 0.15) is 24.8 Å². The fourth-order valence-corrected chi connectivity index (χ4v) is 5.61. The van der Waals surface area contributed by atoms with E-state index in [1.54, 1.807) is 11.3 Å². The van der Waals surface area contributed by atoms with Gasteiger partial charge in [0.15, 0.2) is 0 Å². The molecule has 0 saturated carbocycles. The summed E-state index contributed by atoms with van der Waals surface area (Å²) in [6.07, 6.45) is -0.180. The Morgan fingerprint density at radius 2 is 1.96 bits per heavy atom. The minimum absolute atomic E-state index is 0.0366. The summed E-state index contributed by atoms with van der Waals surface area (Å²) in [5.41, 5.74) is 0. The zero-order valence-electron chi connectivity index (χ0n) is 14.8. The van der Waals surface area contributed by atoms with E-state index in [1.165, 1.54) is 9.18 Å². The first-order valence-electron chi connectivity index (χ1n) is 8.71. The van der Waals surface area contributed by atoms with Gasteiger partial charge in [0, 0.05) is 37.6 Å². The number of morpholine rings is 2. The van der Waals surface area contributed by atoms with E-state index < -0.39 is 10.2 Å². The Morgan fingerprint density at radius 1 is 1.28 bits per heavy atom. The zero-order valence-corrected chi connectivity index (χ0v) is 16.4. The third kappa shape index (κ3) is 5.00. The van der Waals surface area contributed by atoms with E-state index in [1.807, 2.05) is 25.3 Å². The molecule has 25 heavy (non-hydrogen) atoms. The van der Waals surface area contributed by atoms with Crippen LogP contribution in [0.2, 0.25) is 0 Å². The lowest BCUT2D eigenvalue weighted by atomic mass is 10.2. The third-order valence-electron chi connectivity index (χ3n) is 4.54. The molecule has 2 fully saturated rings. The van der Waals surface area contributed by atoms with Gasteiger partial charge in [-0.2, -0.15) is 12.7 Å². The van der Waals surface area contributed by atoms with Crippen molar-refractivity contribution in [2.75, 3.05) is 45.9 Å². The maximum atomic E-state index is 12.8. The highest BCUT2D eigenvalue weighted by atomic mass is 32.2. The van der Waals surface area contributed by atoms with Crippen LogP contribution in [0.3, 0.4) is 0 Å². The molecule has 2 aliphatic heterocycles. The van der Waals surface area contributed by atoms with Gasteiger partial charge < -0.3 is 9.47 Å². The van der Waals surface area contributed by atoms with Crippen molar-refractivity contribution in [3.05, 3.63) is 22.4 Å². The molecule has 142 valence electrons. The summed E-state index contributed by atoms with van der Waals surface area (Å²) in [6, 6.07) is 4.11. The molecule has 0 spiro atoms. The van der Waals surface area contributed by atoms with Crippen molar-refractivity contribution in [1.29, 1.82) is 0 Å². The van der Waals surface area contributed by atoms with Gasteiger partial charge in [-0.25, -0.2) is 4.72 Å². The molecule has 9 heteroatoms. The first-order valence-corrected chi connectivity index (χ1v) is 11.0. The number of nitrogens with one attached hydrogen (secondary N) is 1. The Balaban J connectivity index is 1.67. The Hall–Kier alpha value is -0.550. The second-order valence-corrected chi connectivity index (χ2v) is 9.34. The van der Waals surface area contributed by atoms with E-state index in [4.69, 9.17) is 9.47 Å². The van der Waals surface area contributed by atoms with Crippen molar-refractivity contribution in [2.45, 2.75) is 32.1 Å². The molecule has 0 aliphatic carbocycles. The summed E-state index contributed by atoms with van der Waals surface area (Å²) in [5.74, 6) is 0. The maximum absolute atomic E-state index is 12.8. The minimum Gasteiger partial charge on any atom is -0.379 e. The molecular formula is C16H27N3O4S2. The minimum atomic E-state index is -3.52. The van der Waals surface area contributed by atoms with Gasteiger partial charge >= 0.3 is 0 Å². The largest absolute Gasteiger partial charge is 0.379 e. The molecule has 0 radical (unpaired) electrons. The Morgan fingerprint density at radius 3 is 2.56 bits per heavy atom. The summed E-state index contributed by atoms with van der Waals surface area (Å²) in [7, 11) is -3.52. The van der Waals surface area contributed by atoms with Crippen LogP contribution in [0.5, 0.6) is 0 Å². The molecular weight excluding hydrogens is 362 g/mol. The molecule has 0 amide bonds. The first-order chi connectivity index (χ1) is 12.0. The average molecular weight is 390 g/mol. The monoisotopic (exact) mass is 389 g/mol. The molecule has 3 heterocycles. The van der Waals surface area contributed by atoms with Crippen molar-refractivity contribution in [2.24, 2.45) is 0 Å². The molecule has 0 bridgehead atoms. The lowest BCUT2D eigenvalue weighted by Gasteiger charge is -2.36. The van der Waals surface area contributed by atoms with E-state index >= 15 is 0 Å². The molecule has 1 N–H and O–H groups in total. The number of rotatable bonds is 6. The fraction of sp³-hybridized carbons (Fsp3) is 0.750. The number of thiophene rings is 1. The highest BCUT2D eigenvalue weighted by Gasteiger charge is 2.32. The van der Waals surface area contributed by atoms with Crippen LogP contribution in [-0.4, -0.2) is 75.8 Å². The topological polar surface area (TPSA) is 71.1 Å².